The number of benzene rings is 8. The Morgan fingerprint density at radius 1 is 0.368 bits per heavy atom. The highest BCUT2D eigenvalue weighted by atomic mass is 36.0. The molecule has 9 rings (SSSR count). The van der Waals surface area contributed by atoms with Crippen LogP contribution in [-0.4, -0.2) is 112 Å². The van der Waals surface area contributed by atoms with Crippen LogP contribution in [0.1, 0.15) is 137 Å². The van der Waals surface area contributed by atoms with E-state index in [1.165, 1.54) is 47.6 Å². The Morgan fingerprint density at radius 3 is 0.955 bits per heavy atom. The average Bonchev–Trinajstić information content (AvgIpc) is 0.738. The van der Waals surface area contributed by atoms with Crippen molar-refractivity contribution < 1.29 is 97.2 Å². The number of rotatable bonds is 14. The third-order valence-electron chi connectivity index (χ3n) is 16.5. The minimum Gasteiger partial charge on any atom is -0.478 e. The van der Waals surface area contributed by atoms with E-state index < -0.39 is 156 Å². The number of anilines is 8. The molecule has 0 unspecified atom stereocenters. The standard InChI is InChI=1S/C16H13N7.C9H8N2O6.C8H8N4O6.C8H6N4O4.C8H10N4.C8H7N3O6.C8H6N2O6.2C2H3N.CH4O.2CH4.Cl2OS/c1-6-10(19)3-8(4-17)15-13(6)22-14-7(2)11(20)12(21)9(5-18)16(14)23-15;1-5-7(10(13)14)3-6(9(12)17-2)4-8(5)11(15)16;1-3-5(11(14)15)2-4(8(13)18-10)6(9)7(3)12(16)17;1-4-6(11(13)14)2-5(3-9)7(10)8(4)12(15)16;1-4-6(10)2-5(3-9)8(12)7(4)11;1-4-6(10(13)14)2-5(8(12)17-9)3-7(4)11(15)16;1-4-6(9(13)14)2-5(8(11)12)3-7(4)10(15)16;2*1-2-3;1-2;;;1-4(2)3/h3H,19-21H2,1-2H3;3-4H,1-2H3;2H,9-10H2,1H3;2H,10H2,1H3;2H,10-12H2,1H3;2-3H,9H2,1H3;2-3H,1H3,(H,11,12);2*1H3;2H,1H3;2*1H4;. The Kier molecular flexibility index (Phi) is 49.7. The largest absolute Gasteiger partial charge is 0.478 e. The van der Waals surface area contributed by atoms with Gasteiger partial charge in [-0.15, -0.1) is 0 Å². The van der Waals surface area contributed by atoms with Gasteiger partial charge in [-0.2, -0.15) is 43.4 Å². The molecule has 22 N–H and O–H groups in total. The first-order valence-electron chi connectivity index (χ1n) is 33.7. The van der Waals surface area contributed by atoms with Gasteiger partial charge in [0, 0.05) is 108 Å². The summed E-state index contributed by atoms with van der Waals surface area (Å²) in [4.78, 5) is 159. The molecular formula is C72H76Cl2N28O30S. The first kappa shape index (κ1) is 120. The summed E-state index contributed by atoms with van der Waals surface area (Å²) in [5, 5.41) is 173. The lowest BCUT2D eigenvalue weighted by molar-refractivity contribution is -0.395. The molecule has 0 aliphatic rings. The average molecular weight is 1920 g/mol. The number of nitriles is 6. The lowest BCUT2D eigenvalue weighted by atomic mass is 10.0. The number of nitrogens with zero attached hydrogens (tertiary/aromatic N) is 18. The Balaban J connectivity index is -0.000000717. The number of nitro groups is 10. The number of carboxylic acids is 1. The molecule has 0 saturated carbocycles. The van der Waals surface area contributed by atoms with E-state index in [0.717, 1.165) is 80.8 Å². The van der Waals surface area contributed by atoms with Gasteiger partial charge in [0.15, 0.2) is 0 Å². The summed E-state index contributed by atoms with van der Waals surface area (Å²) in [5.41, 5.74) is 43.0. The summed E-state index contributed by atoms with van der Waals surface area (Å²) in [5.74, 6) is 4.62. The number of carboxylic acid groups (broad SMARTS) is 1. The maximum Gasteiger partial charge on any atom is 0.359 e. The molecule has 0 spiro atoms. The summed E-state index contributed by atoms with van der Waals surface area (Å²) >= 11 is 0. The molecule has 0 fully saturated rings. The van der Waals surface area contributed by atoms with Crippen molar-refractivity contribution >= 4 is 179 Å². The van der Waals surface area contributed by atoms with Gasteiger partial charge in [0.05, 0.1) is 141 Å². The molecule has 0 aliphatic heterocycles. The number of aromatic nitrogens is 2. The topological polar surface area (TPSA) is 1010 Å². The van der Waals surface area contributed by atoms with Gasteiger partial charge >= 0.3 is 35.3 Å². The highest BCUT2D eigenvalue weighted by Crippen LogP contribution is 2.40. The number of nitrogen functional groups attached to an aromatic ring is 8. The number of carbonyl (C=O) groups excluding carboxylic acids is 3. The third kappa shape index (κ3) is 31.4. The van der Waals surface area contributed by atoms with Gasteiger partial charge in [0.25, 0.3) is 45.5 Å². The van der Waals surface area contributed by atoms with Crippen molar-refractivity contribution in [1.82, 2.24) is 9.97 Å². The summed E-state index contributed by atoms with van der Waals surface area (Å²) in [6.07, 6.45) is 0. The number of hydrogen-bond donors (Lipinski definition) is 12. The van der Waals surface area contributed by atoms with Crippen LogP contribution in [0, 0.1) is 225 Å². The van der Waals surface area contributed by atoms with Crippen LogP contribution < -0.4 is 57.7 Å². The first-order chi connectivity index (χ1) is 60.8. The number of nitro benzene ring substituents is 10. The monoisotopic (exact) mass is 1910 g/mol. The van der Waals surface area contributed by atoms with Crippen LogP contribution in [0.2, 0.25) is 0 Å². The molecular weight excluding hydrogens is 1840 g/mol. The van der Waals surface area contributed by atoms with Crippen LogP contribution >= 0.6 is 21.4 Å². The zero-order valence-electron chi connectivity index (χ0n) is 69.1. The van der Waals surface area contributed by atoms with Gasteiger partial charge in [-0.25, -0.2) is 33.4 Å². The van der Waals surface area contributed by atoms with Crippen LogP contribution in [-0.2, 0) is 23.6 Å². The van der Waals surface area contributed by atoms with E-state index in [4.69, 9.17) is 81.3 Å². The van der Waals surface area contributed by atoms with Crippen molar-refractivity contribution in [2.45, 2.75) is 84.1 Å². The predicted octanol–water partition coefficient (Wildman–Crippen LogP) is 11.1. The Morgan fingerprint density at radius 2 is 0.647 bits per heavy atom. The van der Waals surface area contributed by atoms with E-state index in [2.05, 4.69) is 63.6 Å². The van der Waals surface area contributed by atoms with Gasteiger partial charge in [-0.05, 0) is 78.6 Å². The molecule has 1 aromatic heterocycles. The van der Waals surface area contributed by atoms with E-state index in [1.807, 2.05) is 12.1 Å². The summed E-state index contributed by atoms with van der Waals surface area (Å²) in [6.45, 7) is 14.2. The molecule has 9 aromatic rings. The SMILES string of the molecule is C.C.CC#N.CC#N.CO.COC(=O)c1cc([N+](=O)[O-])c(C)c([N+](=O)[O-])c1.Cc1c(N)cc(C#N)c(N)c1N.Cc1c(N)cc(C#N)c2nc3c(C#N)c(N)c(N)c(C)c3nc12.Cc1c([N+](=O)[O-])cc(C#N)c(N)c1[N+](=O)[O-].Cc1c([N+](=O)[O-])cc(C(=O)O)cc1[N+](=O)[O-].Cc1c([N+](=O)[O-])cc(C(=O)ON)c(N)c1[N+](=O)[O-].Cc1c([N+](=O)[O-])cc(C(=O)ON)cc1[N+](=O)[O-].O=S(Cl)Cl. The molecule has 0 aliphatic carbocycles. The number of ether oxygens (including phenoxy) is 1. The molecule has 8 aromatic carbocycles. The number of aromatic carboxylic acids is 1. The molecule has 133 heavy (non-hydrogen) atoms. The second kappa shape index (κ2) is 54.8. The highest BCUT2D eigenvalue weighted by molar-refractivity contribution is 8.26. The molecule has 0 atom stereocenters. The highest BCUT2D eigenvalue weighted by Gasteiger charge is 2.34. The zero-order chi connectivity index (χ0) is 102. The number of aliphatic hydroxyl groups excluding tert-OH is 1. The maximum atomic E-state index is 11.2. The second-order valence-electron chi connectivity index (χ2n) is 23.9. The smallest absolute Gasteiger partial charge is 0.359 e. The number of nitrogens with two attached hydrogens (primary N) is 10. The summed E-state index contributed by atoms with van der Waals surface area (Å²) < 4.78 is 13.4. The van der Waals surface area contributed by atoms with Crippen LogP contribution in [0.15, 0.2) is 60.7 Å². The number of esters is 1. The Labute approximate surface area is 757 Å². The van der Waals surface area contributed by atoms with Gasteiger partial charge < -0.3 is 70.5 Å². The second-order valence-corrected chi connectivity index (χ2v) is 26.4. The van der Waals surface area contributed by atoms with Gasteiger partial charge in [0.1, 0.15) is 80.1 Å². The Bertz CT molecular complexity index is 6230. The fourth-order valence-electron chi connectivity index (χ4n) is 9.97. The molecule has 1 heterocycles. The van der Waals surface area contributed by atoms with Crippen LogP contribution in [0.25, 0.3) is 22.1 Å². The molecule has 58 nitrogen and oxygen atoms in total. The normalized spacial score (nSPS) is 9.26. The van der Waals surface area contributed by atoms with Crippen molar-refractivity contribution in [1.29, 1.82) is 31.6 Å². The van der Waals surface area contributed by atoms with Crippen LogP contribution in [0.5, 0.6) is 0 Å². The van der Waals surface area contributed by atoms with E-state index in [0.29, 0.717) is 67.2 Å². The van der Waals surface area contributed by atoms with Gasteiger partial charge in [-0.3, -0.25) is 101 Å². The molecule has 61 heteroatoms. The van der Waals surface area contributed by atoms with E-state index in [9.17, 15) is 131 Å². The van der Waals surface area contributed by atoms with Crippen molar-refractivity contribution in [3.05, 3.63) is 251 Å². The lowest BCUT2D eigenvalue weighted by Crippen LogP contribution is -2.14. The molecule has 0 saturated heterocycles. The van der Waals surface area contributed by atoms with E-state index in [1.54, 1.807) is 45.0 Å². The zero-order valence-corrected chi connectivity index (χ0v) is 71.4. The minimum atomic E-state index is -1.67. The quantitative estimate of drug-likeness (QED) is 0.0120. The number of fused-ring (bicyclic) bond motifs is 2. The predicted molar refractivity (Wildman–Crippen MR) is 476 cm³/mol. The van der Waals surface area contributed by atoms with E-state index in [-0.39, 0.29) is 76.3 Å². The third-order valence-corrected chi connectivity index (χ3v) is 16.5. The van der Waals surface area contributed by atoms with Crippen LogP contribution in [0.3, 0.4) is 0 Å². The van der Waals surface area contributed by atoms with Crippen molar-refractivity contribution in [3.8, 4) is 36.4 Å². The number of hydrogen-bond acceptors (Lipinski definition) is 47. The van der Waals surface area contributed by atoms with Crippen molar-refractivity contribution in [2.75, 3.05) is 60.1 Å². The fourth-order valence-corrected chi connectivity index (χ4v) is 9.97. The molecule has 0 radical (unpaired) electrons. The van der Waals surface area contributed by atoms with Crippen molar-refractivity contribution in [2.24, 2.45) is 11.8 Å². The number of carbonyl (C=O) groups is 4. The maximum absolute atomic E-state index is 11.2. The summed E-state index contributed by atoms with van der Waals surface area (Å²) in [6, 6.07) is 21.1. The van der Waals surface area contributed by atoms with E-state index >= 15 is 0 Å². The Hall–Kier alpha value is -18.8. The van der Waals surface area contributed by atoms with Gasteiger partial charge in [-0.1, -0.05) is 14.9 Å². The number of aryl methyl sites for hydroxylation is 2. The minimum absolute atomic E-state index is 0. The van der Waals surface area contributed by atoms with Crippen molar-refractivity contribution in [3.63, 3.8) is 0 Å². The summed E-state index contributed by atoms with van der Waals surface area (Å²) in [7, 11) is 9.44. The number of methoxy groups -OCH3 is 1. The van der Waals surface area contributed by atoms with Crippen LogP contribution in [0.4, 0.5) is 102 Å². The number of halogens is 2. The number of aliphatic hydroxyl groups is 1. The molecule has 0 bridgehead atoms. The molecule has 704 valence electrons. The van der Waals surface area contributed by atoms with Gasteiger partial charge in [0.2, 0.25) is 9.23 Å². The first-order valence-corrected chi connectivity index (χ1v) is 36.5. The fraction of sp³-hybridized carbons (Fsp3) is 0.194. The molecule has 0 amide bonds. The lowest BCUT2D eigenvalue weighted by Gasteiger charge is -2.13.